The smallest absolute Gasteiger partial charge is 0.252 e. The highest BCUT2D eigenvalue weighted by molar-refractivity contribution is 8.93. The molecule has 0 bridgehead atoms. The second-order valence-corrected chi connectivity index (χ2v) is 1.88. The molecule has 0 spiro atoms. The molecule has 0 fully saturated rings. The summed E-state index contributed by atoms with van der Waals surface area (Å²) in [6, 6.07) is 6.15. The van der Waals surface area contributed by atoms with Crippen LogP contribution in [0.1, 0.15) is 10.4 Å². The van der Waals surface area contributed by atoms with Crippen molar-refractivity contribution in [2.24, 2.45) is 5.73 Å². The zero-order chi connectivity index (χ0) is 7.56. The minimum atomic E-state index is -0.613. The van der Waals surface area contributed by atoms with Crippen molar-refractivity contribution in [3.8, 4) is 5.75 Å². The second-order valence-electron chi connectivity index (χ2n) is 1.88. The number of halogens is 1. The molecule has 1 rings (SSSR count). The number of nitrogens with two attached hydrogens (primary N) is 1. The number of rotatable bonds is 1. The van der Waals surface area contributed by atoms with Crippen LogP contribution in [0.3, 0.4) is 0 Å². The summed E-state index contributed by atoms with van der Waals surface area (Å²) < 4.78 is 0. The van der Waals surface area contributed by atoms with E-state index in [1.54, 1.807) is 12.1 Å². The average Bonchev–Trinajstić information content (AvgIpc) is 1.88. The topological polar surface area (TPSA) is 63.3 Å². The Bertz CT molecular complexity index is 262. The van der Waals surface area contributed by atoms with Gasteiger partial charge in [0.25, 0.3) is 5.91 Å². The molecule has 3 N–H and O–H groups in total. The van der Waals surface area contributed by atoms with Gasteiger partial charge in [-0.3, -0.25) is 4.79 Å². The van der Waals surface area contributed by atoms with Crippen LogP contribution < -0.4 is 5.73 Å². The van der Waals surface area contributed by atoms with Crippen molar-refractivity contribution >= 4 is 22.9 Å². The second kappa shape index (κ2) is 3.98. The number of carbonyl (C=O) groups excluding carboxylic acids is 1. The molecular formula is C7H8BrNO2. The average molecular weight is 218 g/mol. The molecule has 0 atom stereocenters. The first kappa shape index (κ1) is 9.97. The molecule has 0 heterocycles. The highest BCUT2D eigenvalue weighted by atomic mass is 79.9. The van der Waals surface area contributed by atoms with Crippen LogP contribution in [0, 0.1) is 0 Å². The van der Waals surface area contributed by atoms with Gasteiger partial charge in [-0.1, -0.05) is 12.1 Å². The maximum atomic E-state index is 10.5. The molecular weight excluding hydrogens is 210 g/mol. The van der Waals surface area contributed by atoms with E-state index in [-0.39, 0.29) is 28.3 Å². The van der Waals surface area contributed by atoms with Crippen LogP contribution in [-0.2, 0) is 0 Å². The molecule has 1 amide bonds. The number of amides is 1. The van der Waals surface area contributed by atoms with Crippen LogP contribution in [0.25, 0.3) is 0 Å². The lowest BCUT2D eigenvalue weighted by atomic mass is 10.2. The summed E-state index contributed by atoms with van der Waals surface area (Å²) >= 11 is 0. The van der Waals surface area contributed by atoms with E-state index in [1.807, 2.05) is 0 Å². The van der Waals surface area contributed by atoms with E-state index in [0.717, 1.165) is 0 Å². The fraction of sp³-hybridized carbons (Fsp3) is 0. The van der Waals surface area contributed by atoms with Crippen molar-refractivity contribution in [1.29, 1.82) is 0 Å². The largest absolute Gasteiger partial charge is 0.507 e. The van der Waals surface area contributed by atoms with Crippen LogP contribution in [0.5, 0.6) is 5.75 Å². The van der Waals surface area contributed by atoms with E-state index < -0.39 is 5.91 Å². The summed E-state index contributed by atoms with van der Waals surface area (Å²) in [5, 5.41) is 8.98. The van der Waals surface area contributed by atoms with E-state index in [4.69, 9.17) is 10.8 Å². The van der Waals surface area contributed by atoms with Crippen LogP contribution in [0.15, 0.2) is 24.3 Å². The van der Waals surface area contributed by atoms with Gasteiger partial charge in [-0.25, -0.2) is 0 Å². The minimum Gasteiger partial charge on any atom is -0.507 e. The van der Waals surface area contributed by atoms with Gasteiger partial charge in [0.2, 0.25) is 0 Å². The summed E-state index contributed by atoms with van der Waals surface area (Å²) in [4.78, 5) is 10.5. The van der Waals surface area contributed by atoms with Gasteiger partial charge in [0.1, 0.15) is 5.75 Å². The van der Waals surface area contributed by atoms with Crippen molar-refractivity contribution < 1.29 is 9.90 Å². The van der Waals surface area contributed by atoms with Crippen molar-refractivity contribution in [3.05, 3.63) is 29.8 Å². The quantitative estimate of drug-likeness (QED) is 0.740. The van der Waals surface area contributed by atoms with Crippen LogP contribution >= 0.6 is 17.0 Å². The molecule has 11 heavy (non-hydrogen) atoms. The Morgan fingerprint density at radius 1 is 1.36 bits per heavy atom. The molecule has 0 radical (unpaired) electrons. The number of primary amides is 1. The minimum absolute atomic E-state index is 0. The number of hydrogen-bond donors (Lipinski definition) is 2. The Hall–Kier alpha value is -1.03. The molecule has 0 aliphatic heterocycles. The first-order valence-corrected chi connectivity index (χ1v) is 2.79. The first-order chi connectivity index (χ1) is 4.72. The predicted molar refractivity (Wildman–Crippen MR) is 46.9 cm³/mol. The number of benzene rings is 1. The van der Waals surface area contributed by atoms with Crippen LogP contribution in [0.4, 0.5) is 0 Å². The van der Waals surface area contributed by atoms with Crippen molar-refractivity contribution in [1.82, 2.24) is 0 Å². The summed E-state index contributed by atoms with van der Waals surface area (Å²) in [6.07, 6.45) is 0. The molecule has 1 aromatic carbocycles. The maximum Gasteiger partial charge on any atom is 0.252 e. The van der Waals surface area contributed by atoms with Crippen molar-refractivity contribution in [2.75, 3.05) is 0 Å². The number of phenols is 1. The third-order valence-corrected chi connectivity index (χ3v) is 1.17. The lowest BCUT2D eigenvalue weighted by Gasteiger charge is -1.96. The normalized spacial score (nSPS) is 8.36. The third-order valence-electron chi connectivity index (χ3n) is 1.17. The summed E-state index contributed by atoms with van der Waals surface area (Å²) in [6.45, 7) is 0. The lowest BCUT2D eigenvalue weighted by Crippen LogP contribution is -2.10. The number of aromatic hydroxyl groups is 1. The zero-order valence-electron chi connectivity index (χ0n) is 5.65. The molecule has 0 saturated carbocycles. The molecule has 0 aliphatic carbocycles. The Morgan fingerprint density at radius 3 is 2.27 bits per heavy atom. The van der Waals surface area contributed by atoms with Gasteiger partial charge in [-0.05, 0) is 12.1 Å². The van der Waals surface area contributed by atoms with Gasteiger partial charge in [0.05, 0.1) is 5.56 Å². The Morgan fingerprint density at radius 2 is 1.91 bits per heavy atom. The number of hydrogen-bond acceptors (Lipinski definition) is 2. The molecule has 0 aromatic heterocycles. The van der Waals surface area contributed by atoms with E-state index in [9.17, 15) is 4.79 Å². The van der Waals surface area contributed by atoms with Crippen LogP contribution in [-0.4, -0.2) is 11.0 Å². The van der Waals surface area contributed by atoms with Gasteiger partial charge in [-0.15, -0.1) is 17.0 Å². The molecule has 0 saturated heterocycles. The highest BCUT2D eigenvalue weighted by Crippen LogP contribution is 2.13. The zero-order valence-corrected chi connectivity index (χ0v) is 7.36. The van der Waals surface area contributed by atoms with Crippen molar-refractivity contribution in [2.45, 2.75) is 0 Å². The highest BCUT2D eigenvalue weighted by Gasteiger charge is 2.03. The molecule has 3 nitrogen and oxygen atoms in total. The fourth-order valence-electron chi connectivity index (χ4n) is 0.682. The lowest BCUT2D eigenvalue weighted by molar-refractivity contribution is 0.0998. The van der Waals surface area contributed by atoms with E-state index in [0.29, 0.717) is 0 Å². The van der Waals surface area contributed by atoms with Gasteiger partial charge in [-0.2, -0.15) is 0 Å². The summed E-state index contributed by atoms with van der Waals surface area (Å²) in [5.74, 6) is -0.687. The predicted octanol–water partition coefficient (Wildman–Crippen LogP) is 1.07. The summed E-state index contributed by atoms with van der Waals surface area (Å²) in [7, 11) is 0. The van der Waals surface area contributed by atoms with Gasteiger partial charge >= 0.3 is 0 Å². The van der Waals surface area contributed by atoms with Gasteiger partial charge in [0, 0.05) is 0 Å². The standard InChI is InChI=1S/C7H7NO2.BrH/c8-7(10)5-3-1-2-4-6(5)9;/h1-4,9H,(H2,8,10);1H. The molecule has 0 unspecified atom stereocenters. The van der Waals surface area contributed by atoms with E-state index >= 15 is 0 Å². The van der Waals surface area contributed by atoms with Gasteiger partial charge in [0.15, 0.2) is 0 Å². The Kier molecular flexibility index (Phi) is 3.60. The Labute approximate surface area is 74.6 Å². The van der Waals surface area contributed by atoms with E-state index in [1.165, 1.54) is 12.1 Å². The number of carbonyl (C=O) groups is 1. The van der Waals surface area contributed by atoms with Gasteiger partial charge < -0.3 is 10.8 Å². The first-order valence-electron chi connectivity index (χ1n) is 2.79. The third kappa shape index (κ3) is 2.23. The molecule has 60 valence electrons. The monoisotopic (exact) mass is 217 g/mol. The Balaban J connectivity index is 0.000001000. The number of para-hydroxylation sites is 1. The molecule has 4 heteroatoms. The molecule has 1 aromatic rings. The SMILES string of the molecule is Br.NC(=O)c1ccccc1O. The van der Waals surface area contributed by atoms with Crippen molar-refractivity contribution in [3.63, 3.8) is 0 Å². The summed E-state index contributed by atoms with van der Waals surface area (Å²) in [5.41, 5.74) is 5.07. The molecule has 0 aliphatic rings. The van der Waals surface area contributed by atoms with E-state index in [2.05, 4.69) is 0 Å². The maximum absolute atomic E-state index is 10.5. The van der Waals surface area contributed by atoms with Crippen LogP contribution in [0.2, 0.25) is 0 Å². The fourth-order valence-corrected chi connectivity index (χ4v) is 0.682.